The van der Waals surface area contributed by atoms with Gasteiger partial charge in [0.25, 0.3) is 0 Å². The zero-order chi connectivity index (χ0) is 29.1. The van der Waals surface area contributed by atoms with Gasteiger partial charge in [-0.25, -0.2) is 4.79 Å². The van der Waals surface area contributed by atoms with E-state index in [4.69, 9.17) is 14.2 Å². The second kappa shape index (κ2) is 12.3. The van der Waals surface area contributed by atoms with Crippen LogP contribution in [0.15, 0.2) is 29.8 Å². The van der Waals surface area contributed by atoms with Crippen molar-refractivity contribution in [3.63, 3.8) is 0 Å². The molecule has 1 aromatic rings. The molecular weight excluding hydrogens is 500 g/mol. The van der Waals surface area contributed by atoms with Crippen LogP contribution in [0.1, 0.15) is 89.6 Å². The fraction of sp³-hybridized carbons (Fsp3) is 0.645. The molecule has 216 valence electrons. The first kappa shape index (κ1) is 31.0. The van der Waals surface area contributed by atoms with Gasteiger partial charge in [-0.2, -0.15) is 0 Å². The van der Waals surface area contributed by atoms with Crippen molar-refractivity contribution in [1.29, 1.82) is 0 Å². The van der Waals surface area contributed by atoms with Crippen LogP contribution < -0.4 is 0 Å². The van der Waals surface area contributed by atoms with Gasteiger partial charge < -0.3 is 24.4 Å². The summed E-state index contributed by atoms with van der Waals surface area (Å²) in [7, 11) is 1.32. The van der Waals surface area contributed by atoms with E-state index in [0.29, 0.717) is 23.1 Å². The van der Waals surface area contributed by atoms with E-state index < -0.39 is 41.6 Å². The molecule has 8 heteroatoms. The molecule has 2 saturated heterocycles. The van der Waals surface area contributed by atoms with E-state index in [0.717, 1.165) is 19.3 Å². The summed E-state index contributed by atoms with van der Waals surface area (Å²) in [5, 5.41) is 21.8. The quantitative estimate of drug-likeness (QED) is 0.421. The van der Waals surface area contributed by atoms with Gasteiger partial charge in [0.1, 0.15) is 11.9 Å². The molecule has 2 aliphatic heterocycles. The van der Waals surface area contributed by atoms with E-state index in [1.807, 2.05) is 26.8 Å². The molecule has 2 fully saturated rings. The molecule has 0 radical (unpaired) electrons. The summed E-state index contributed by atoms with van der Waals surface area (Å²) in [6.07, 6.45) is 1.23. The van der Waals surface area contributed by atoms with Crippen molar-refractivity contribution in [3.05, 3.63) is 41.0 Å². The molecule has 39 heavy (non-hydrogen) atoms. The number of hydrogen-bond acceptors (Lipinski definition) is 8. The standard InChI is InChI=1S/C31H44O8/c1-18-11-10-14-31(6)25(39-31)16-23(19(2)15-21-12-8-9-13-22(21)29(36)37-7)38-26(33)17-24(32)30(4,5)28(35)20(3)27(18)34/h8-9,12-13,15,18,20,23-25,27,32,34H,10-11,14,16-17H2,1-7H3/b19-15+/t18?,20-,23?,24+,25+,27+,31-/m1/s1. The van der Waals surface area contributed by atoms with Gasteiger partial charge in [0, 0.05) is 12.3 Å². The Balaban J connectivity index is 1.91. The Morgan fingerprint density at radius 3 is 2.46 bits per heavy atom. The largest absolute Gasteiger partial charge is 0.465 e. The van der Waals surface area contributed by atoms with Gasteiger partial charge in [0.15, 0.2) is 0 Å². The molecule has 0 amide bonds. The number of esters is 2. The van der Waals surface area contributed by atoms with Crippen LogP contribution in [0.4, 0.5) is 0 Å². The predicted octanol–water partition coefficient (Wildman–Crippen LogP) is 4.50. The normalized spacial score (nSPS) is 34.5. The van der Waals surface area contributed by atoms with E-state index in [2.05, 4.69) is 0 Å². The fourth-order valence-corrected chi connectivity index (χ4v) is 5.55. The van der Waals surface area contributed by atoms with Gasteiger partial charge in [-0.05, 0) is 49.8 Å². The molecule has 7 atom stereocenters. The first-order valence-corrected chi connectivity index (χ1v) is 13.8. The fourth-order valence-electron chi connectivity index (χ4n) is 5.55. The Morgan fingerprint density at radius 2 is 1.79 bits per heavy atom. The van der Waals surface area contributed by atoms with E-state index in [1.54, 1.807) is 45.0 Å². The number of aliphatic hydroxyl groups is 2. The van der Waals surface area contributed by atoms with Gasteiger partial charge in [-0.1, -0.05) is 58.4 Å². The number of ketones is 1. The number of cyclic esters (lactones) is 1. The van der Waals surface area contributed by atoms with Crippen molar-refractivity contribution in [3.8, 4) is 0 Å². The number of hydrogen-bond donors (Lipinski definition) is 2. The lowest BCUT2D eigenvalue weighted by atomic mass is 9.73. The highest BCUT2D eigenvalue weighted by molar-refractivity contribution is 5.93. The number of carbonyl (C=O) groups excluding carboxylic acids is 3. The maximum atomic E-state index is 13.3. The van der Waals surface area contributed by atoms with Crippen molar-refractivity contribution < 1.29 is 38.8 Å². The molecule has 2 aliphatic rings. The third kappa shape index (κ3) is 7.16. The molecule has 0 bridgehead atoms. The van der Waals surface area contributed by atoms with E-state index in [1.165, 1.54) is 7.11 Å². The average Bonchev–Trinajstić information content (AvgIpc) is 3.54. The molecule has 2 unspecified atom stereocenters. The monoisotopic (exact) mass is 544 g/mol. The average molecular weight is 545 g/mol. The highest BCUT2D eigenvalue weighted by Gasteiger charge is 2.53. The van der Waals surface area contributed by atoms with E-state index >= 15 is 0 Å². The number of methoxy groups -OCH3 is 1. The van der Waals surface area contributed by atoms with Crippen molar-refractivity contribution >= 4 is 23.8 Å². The second-order valence-corrected chi connectivity index (χ2v) is 12.1. The minimum atomic E-state index is -1.29. The lowest BCUT2D eigenvalue weighted by Gasteiger charge is -2.34. The minimum absolute atomic E-state index is 0.108. The smallest absolute Gasteiger partial charge is 0.338 e. The number of benzene rings is 1. The van der Waals surface area contributed by atoms with E-state index in [9.17, 15) is 24.6 Å². The molecule has 0 aliphatic carbocycles. The number of Topliss-reactive ketones (excluding diaryl/α,β-unsaturated/α-hetero) is 1. The zero-order valence-electron chi connectivity index (χ0n) is 24.2. The van der Waals surface area contributed by atoms with Gasteiger partial charge in [-0.3, -0.25) is 9.59 Å². The molecule has 0 spiro atoms. The highest BCUT2D eigenvalue weighted by atomic mass is 16.6. The summed E-state index contributed by atoms with van der Waals surface area (Å²) in [5.74, 6) is -2.20. The first-order valence-electron chi connectivity index (χ1n) is 13.8. The molecule has 0 saturated carbocycles. The second-order valence-electron chi connectivity index (χ2n) is 12.1. The summed E-state index contributed by atoms with van der Waals surface area (Å²) in [6, 6.07) is 7.02. The van der Waals surface area contributed by atoms with Crippen LogP contribution in [0.25, 0.3) is 6.08 Å². The summed E-state index contributed by atoms with van der Waals surface area (Å²) < 4.78 is 16.9. The number of epoxide rings is 1. The summed E-state index contributed by atoms with van der Waals surface area (Å²) in [4.78, 5) is 38.6. The number of aliphatic hydroxyl groups excluding tert-OH is 2. The first-order chi connectivity index (χ1) is 18.2. The van der Waals surface area contributed by atoms with Gasteiger partial charge in [-0.15, -0.1) is 0 Å². The van der Waals surface area contributed by atoms with Crippen molar-refractivity contribution in [2.45, 2.75) is 104 Å². The van der Waals surface area contributed by atoms with Crippen LogP contribution in [-0.4, -0.2) is 65.1 Å². The van der Waals surface area contributed by atoms with Gasteiger partial charge >= 0.3 is 11.9 Å². The summed E-state index contributed by atoms with van der Waals surface area (Å²) in [6.45, 7) is 10.7. The van der Waals surface area contributed by atoms with Gasteiger partial charge in [0.2, 0.25) is 0 Å². The number of rotatable bonds is 3. The van der Waals surface area contributed by atoms with Crippen LogP contribution in [0.2, 0.25) is 0 Å². The van der Waals surface area contributed by atoms with Crippen LogP contribution >= 0.6 is 0 Å². The third-order valence-electron chi connectivity index (χ3n) is 8.66. The molecule has 1 aromatic carbocycles. The highest BCUT2D eigenvalue weighted by Crippen LogP contribution is 2.45. The molecule has 2 heterocycles. The van der Waals surface area contributed by atoms with Crippen LogP contribution in [-0.2, 0) is 23.8 Å². The minimum Gasteiger partial charge on any atom is -0.465 e. The Kier molecular flexibility index (Phi) is 9.78. The lowest BCUT2D eigenvalue weighted by Crippen LogP contribution is -2.45. The van der Waals surface area contributed by atoms with Gasteiger partial charge in [0.05, 0.1) is 48.4 Å². The summed E-state index contributed by atoms with van der Waals surface area (Å²) >= 11 is 0. The molecular formula is C31H44O8. The molecule has 3 rings (SSSR count). The predicted molar refractivity (Wildman–Crippen MR) is 147 cm³/mol. The summed E-state index contributed by atoms with van der Waals surface area (Å²) in [5.41, 5.74) is 0.118. The Labute approximate surface area is 231 Å². The van der Waals surface area contributed by atoms with Crippen LogP contribution in [0, 0.1) is 17.3 Å². The number of ether oxygens (including phenoxy) is 3. The topological polar surface area (TPSA) is 123 Å². The SMILES string of the molecule is COC(=O)c1ccccc1/C=C(\C)C1C[C@@H]2O[C@]2(C)CCCC(C)[C@H](O)[C@@H](C)C(=O)C(C)(C)[C@@H](O)CC(=O)O1. The molecule has 2 N–H and O–H groups in total. The zero-order valence-corrected chi connectivity index (χ0v) is 24.2. The van der Waals surface area contributed by atoms with Crippen LogP contribution in [0.5, 0.6) is 0 Å². The maximum absolute atomic E-state index is 13.3. The van der Waals surface area contributed by atoms with Crippen molar-refractivity contribution in [1.82, 2.24) is 0 Å². The van der Waals surface area contributed by atoms with E-state index in [-0.39, 0.29) is 29.8 Å². The molecule has 0 aromatic heterocycles. The lowest BCUT2D eigenvalue weighted by molar-refractivity contribution is -0.154. The van der Waals surface area contributed by atoms with Crippen molar-refractivity contribution in [2.24, 2.45) is 17.3 Å². The van der Waals surface area contributed by atoms with Crippen LogP contribution in [0.3, 0.4) is 0 Å². The third-order valence-corrected chi connectivity index (χ3v) is 8.66. The Hall–Kier alpha value is -2.55. The molecule has 8 nitrogen and oxygen atoms in total. The Morgan fingerprint density at radius 1 is 1.13 bits per heavy atom. The van der Waals surface area contributed by atoms with Crippen molar-refractivity contribution in [2.75, 3.05) is 7.11 Å². The number of carbonyl (C=O) groups is 3. The Bertz CT molecular complexity index is 1090. The maximum Gasteiger partial charge on any atom is 0.338 e. The number of fused-ring (bicyclic) bond motifs is 1.